The molecule has 2 aliphatic heterocycles. The highest BCUT2D eigenvalue weighted by atomic mass is 16.7. The van der Waals surface area contributed by atoms with Gasteiger partial charge in [0.2, 0.25) is 0 Å². The van der Waals surface area contributed by atoms with Crippen molar-refractivity contribution < 1.29 is 64.2 Å². The molecule has 0 radical (unpaired) electrons. The molecule has 2 saturated heterocycles. The second kappa shape index (κ2) is 15.3. The zero-order chi connectivity index (χ0) is 32.8. The van der Waals surface area contributed by atoms with Crippen LogP contribution in [0.3, 0.4) is 0 Å². The molecule has 0 saturated carbocycles. The van der Waals surface area contributed by atoms with Crippen molar-refractivity contribution in [3.8, 4) is 0 Å². The van der Waals surface area contributed by atoms with E-state index in [9.17, 15) is 40.5 Å². The number of aliphatic hydroxyl groups is 7. The molecule has 2 heterocycles. The van der Waals surface area contributed by atoms with E-state index in [0.717, 1.165) is 6.08 Å². The lowest BCUT2D eigenvalue weighted by molar-refractivity contribution is -0.364. The Bertz CT molecular complexity index is 1090. The zero-order valence-corrected chi connectivity index (χ0v) is 25.4. The first-order valence-corrected chi connectivity index (χ1v) is 14.5. The van der Waals surface area contributed by atoms with Gasteiger partial charge in [0.15, 0.2) is 18.7 Å². The number of aliphatic hydroxyl groups excluding tert-OH is 6. The maximum Gasteiger partial charge on any atom is 0.331 e. The van der Waals surface area contributed by atoms with Crippen LogP contribution in [-0.2, 0) is 28.5 Å². The summed E-state index contributed by atoms with van der Waals surface area (Å²) in [6, 6.07) is 8.91. The third-order valence-electron chi connectivity index (χ3n) is 7.90. The molecule has 2 aliphatic rings. The van der Waals surface area contributed by atoms with Gasteiger partial charge < -0.3 is 59.4 Å². The molecule has 0 bridgehead atoms. The van der Waals surface area contributed by atoms with Gasteiger partial charge in [-0.25, -0.2) is 4.79 Å². The molecule has 248 valence electrons. The fourth-order valence-electron chi connectivity index (χ4n) is 4.87. The average Bonchev–Trinajstić information content (AvgIpc) is 2.99. The number of benzene rings is 1. The summed E-state index contributed by atoms with van der Waals surface area (Å²) in [5.74, 6) is -0.855. The predicted octanol–water partition coefficient (Wildman–Crippen LogP) is -0.224. The number of ether oxygens (including phenoxy) is 5. The topological polar surface area (TPSA) is 205 Å². The molecule has 2 unspecified atom stereocenters. The van der Waals surface area contributed by atoms with Gasteiger partial charge in [0, 0.05) is 6.08 Å². The number of carbonyl (C=O) groups is 1. The fourth-order valence-corrected chi connectivity index (χ4v) is 4.87. The molecule has 0 spiro atoms. The standard InChI is InChI=1S/C31H46O13/c1-6-31(5,15-14-20(33)30(3,4)39)44-29-25(38)27(43-28-24(37)23(36)22(35)17(2)40-28)26(19(16-32)41-29)42-21(34)13-12-18-10-8-7-9-11-18/h6-13,17,19-20,22-29,32-33,35-39H,1,14-16H2,2-5H3/b13-12+/t17-,19+,20?,22-,23+,24+,25+,26+,27+,28-,29-,31?/m0/s1. The van der Waals surface area contributed by atoms with E-state index >= 15 is 0 Å². The number of esters is 1. The Morgan fingerprint density at radius 2 is 1.66 bits per heavy atom. The molecule has 0 amide bonds. The summed E-state index contributed by atoms with van der Waals surface area (Å²) in [6.45, 7) is 9.05. The number of hydrogen-bond donors (Lipinski definition) is 7. The van der Waals surface area contributed by atoms with Crippen LogP contribution >= 0.6 is 0 Å². The van der Waals surface area contributed by atoms with E-state index in [2.05, 4.69) is 6.58 Å². The molecule has 13 heteroatoms. The largest absolute Gasteiger partial charge is 0.453 e. The molecule has 3 rings (SSSR count). The molecule has 44 heavy (non-hydrogen) atoms. The van der Waals surface area contributed by atoms with Gasteiger partial charge in [0.05, 0.1) is 30.0 Å². The normalized spacial score (nSPS) is 35.2. The van der Waals surface area contributed by atoms with Crippen LogP contribution in [0, 0.1) is 0 Å². The summed E-state index contributed by atoms with van der Waals surface area (Å²) < 4.78 is 29.0. The molecule has 1 aromatic carbocycles. The van der Waals surface area contributed by atoms with Crippen molar-refractivity contribution in [3.63, 3.8) is 0 Å². The Morgan fingerprint density at radius 3 is 2.25 bits per heavy atom. The summed E-state index contributed by atoms with van der Waals surface area (Å²) in [5.41, 5.74) is -1.89. The second-order valence-corrected chi connectivity index (χ2v) is 12.0. The number of rotatable bonds is 13. The molecule has 0 aromatic heterocycles. The Kier molecular flexibility index (Phi) is 12.6. The molecular weight excluding hydrogens is 580 g/mol. The lowest BCUT2D eigenvalue weighted by Crippen LogP contribution is -2.65. The summed E-state index contributed by atoms with van der Waals surface area (Å²) in [7, 11) is 0. The first kappa shape index (κ1) is 36.2. The first-order chi connectivity index (χ1) is 20.6. The highest BCUT2D eigenvalue weighted by Gasteiger charge is 2.53. The van der Waals surface area contributed by atoms with E-state index in [-0.39, 0.29) is 12.8 Å². The Labute approximate surface area is 256 Å². The number of hydrogen-bond acceptors (Lipinski definition) is 13. The predicted molar refractivity (Wildman–Crippen MR) is 156 cm³/mol. The smallest absolute Gasteiger partial charge is 0.331 e. The van der Waals surface area contributed by atoms with Gasteiger partial charge in [0.25, 0.3) is 0 Å². The van der Waals surface area contributed by atoms with Crippen LogP contribution in [0.4, 0.5) is 0 Å². The second-order valence-electron chi connectivity index (χ2n) is 12.0. The fraction of sp³-hybridized carbons (Fsp3) is 0.645. The van der Waals surface area contributed by atoms with Crippen LogP contribution in [0.25, 0.3) is 6.08 Å². The molecule has 12 atom stereocenters. The van der Waals surface area contributed by atoms with E-state index in [0.29, 0.717) is 5.56 Å². The first-order valence-electron chi connectivity index (χ1n) is 14.5. The third kappa shape index (κ3) is 9.14. The Hall–Kier alpha value is -2.27. The Morgan fingerprint density at radius 1 is 1.00 bits per heavy atom. The molecular formula is C31H46O13. The van der Waals surface area contributed by atoms with Crippen LogP contribution < -0.4 is 0 Å². The lowest BCUT2D eigenvalue weighted by atomic mass is 9.91. The zero-order valence-electron chi connectivity index (χ0n) is 25.4. The van der Waals surface area contributed by atoms with Gasteiger partial charge in [-0.05, 0) is 52.2 Å². The van der Waals surface area contributed by atoms with Crippen molar-refractivity contribution in [2.45, 2.75) is 119 Å². The van der Waals surface area contributed by atoms with Gasteiger partial charge in [-0.15, -0.1) is 6.58 Å². The van der Waals surface area contributed by atoms with Gasteiger partial charge in [0.1, 0.15) is 36.6 Å². The SMILES string of the molecule is C=CC(C)(CCC(O)C(C)(C)O)O[C@@H]1O[C@H](CO)[C@@H](OC(=O)/C=C/c2ccccc2)[C@H](O[C@@H]2O[C@@H](C)[C@H](O)[C@@H](O)[C@H]2O)[C@H]1O. The van der Waals surface area contributed by atoms with Crippen molar-refractivity contribution in [1.82, 2.24) is 0 Å². The summed E-state index contributed by atoms with van der Waals surface area (Å²) in [4.78, 5) is 12.9. The summed E-state index contributed by atoms with van der Waals surface area (Å²) >= 11 is 0. The van der Waals surface area contributed by atoms with Crippen molar-refractivity contribution >= 4 is 12.0 Å². The van der Waals surface area contributed by atoms with Crippen molar-refractivity contribution in [2.75, 3.05) is 6.61 Å². The highest BCUT2D eigenvalue weighted by Crippen LogP contribution is 2.34. The number of carbonyl (C=O) groups excluding carboxylic acids is 1. The third-order valence-corrected chi connectivity index (χ3v) is 7.90. The van der Waals surface area contributed by atoms with Crippen LogP contribution in [0.1, 0.15) is 46.1 Å². The van der Waals surface area contributed by atoms with Crippen molar-refractivity contribution in [2.24, 2.45) is 0 Å². The van der Waals surface area contributed by atoms with Gasteiger partial charge >= 0.3 is 5.97 Å². The quantitative estimate of drug-likeness (QED) is 0.0860. The molecule has 7 N–H and O–H groups in total. The minimum Gasteiger partial charge on any atom is -0.453 e. The maximum absolute atomic E-state index is 12.9. The van der Waals surface area contributed by atoms with Crippen molar-refractivity contribution in [3.05, 3.63) is 54.6 Å². The molecule has 2 fully saturated rings. The van der Waals surface area contributed by atoms with Crippen LogP contribution in [-0.4, -0.2) is 127 Å². The minimum absolute atomic E-state index is 0.0897. The van der Waals surface area contributed by atoms with Gasteiger partial charge in [-0.2, -0.15) is 0 Å². The van der Waals surface area contributed by atoms with E-state index in [1.165, 1.54) is 32.9 Å². The van der Waals surface area contributed by atoms with Crippen LogP contribution in [0.15, 0.2) is 49.1 Å². The molecule has 0 aliphatic carbocycles. The van der Waals surface area contributed by atoms with Gasteiger partial charge in [-0.3, -0.25) is 0 Å². The molecule has 13 nitrogen and oxygen atoms in total. The van der Waals surface area contributed by atoms with Crippen LogP contribution in [0.5, 0.6) is 0 Å². The maximum atomic E-state index is 12.9. The average molecular weight is 627 g/mol. The van der Waals surface area contributed by atoms with E-state index < -0.39 is 91.3 Å². The lowest BCUT2D eigenvalue weighted by Gasteiger charge is -2.47. The minimum atomic E-state index is -1.75. The molecule has 1 aromatic rings. The highest BCUT2D eigenvalue weighted by molar-refractivity contribution is 5.87. The van der Waals surface area contributed by atoms with E-state index in [1.807, 2.05) is 6.07 Å². The van der Waals surface area contributed by atoms with E-state index in [1.54, 1.807) is 31.2 Å². The van der Waals surface area contributed by atoms with Crippen molar-refractivity contribution in [1.29, 1.82) is 0 Å². The monoisotopic (exact) mass is 626 g/mol. The summed E-state index contributed by atoms with van der Waals surface area (Å²) in [6.07, 6.45) is -11.7. The Balaban J connectivity index is 1.87. The summed E-state index contributed by atoms with van der Waals surface area (Å²) in [5, 5.41) is 73.1. The van der Waals surface area contributed by atoms with E-state index in [4.69, 9.17) is 23.7 Å². The van der Waals surface area contributed by atoms with Crippen LogP contribution in [0.2, 0.25) is 0 Å². The van der Waals surface area contributed by atoms with Gasteiger partial charge in [-0.1, -0.05) is 36.4 Å².